The Morgan fingerprint density at radius 3 is 1.36 bits per heavy atom. The Labute approximate surface area is 121 Å². The summed E-state index contributed by atoms with van der Waals surface area (Å²) in [5.41, 5.74) is 0. The van der Waals surface area contributed by atoms with Crippen LogP contribution in [0.25, 0.3) is 0 Å². The van der Waals surface area contributed by atoms with Crippen molar-refractivity contribution in [3.05, 3.63) is 12.2 Å². The number of carbonyl (C=O) groups excluding carboxylic acids is 2. The van der Waals surface area contributed by atoms with Crippen molar-refractivity contribution in [1.82, 2.24) is 10.6 Å². The Balaban J connectivity index is 2.84. The Bertz CT molecular complexity index is 404. The Morgan fingerprint density at radius 1 is 0.773 bits per heavy atom. The van der Waals surface area contributed by atoms with E-state index in [-0.39, 0.29) is 25.7 Å². The molecule has 10 heteroatoms. The average Bonchev–Trinajstić information content (AvgIpc) is 2.34. The van der Waals surface area contributed by atoms with Crippen LogP contribution in [-0.2, 0) is 9.59 Å². The molecule has 0 fully saturated rings. The lowest BCUT2D eigenvalue weighted by Gasteiger charge is -2.30. The van der Waals surface area contributed by atoms with Crippen molar-refractivity contribution in [3.63, 3.8) is 0 Å². The van der Waals surface area contributed by atoms with Crippen molar-refractivity contribution in [1.29, 1.82) is 0 Å². The standard InChI is InChI=1S/C12H14F6N2O2/c13-11(14,15)9(21)19-7-5-3-1-2-4-6-8(7)20-10(22)12(16,17)18/h1-2,7-8H,3-6H2,(H,19,21)(H,20,22)/b2-1+/t7-,8+. The van der Waals surface area contributed by atoms with E-state index in [0.29, 0.717) is 0 Å². The molecule has 0 aliphatic heterocycles. The van der Waals surface area contributed by atoms with E-state index in [9.17, 15) is 35.9 Å². The van der Waals surface area contributed by atoms with Crippen molar-refractivity contribution in [2.45, 2.75) is 50.1 Å². The summed E-state index contributed by atoms with van der Waals surface area (Å²) in [6.07, 6.45) is -6.43. The van der Waals surface area contributed by atoms with E-state index in [0.717, 1.165) is 0 Å². The molecule has 1 rings (SSSR count). The lowest BCUT2D eigenvalue weighted by molar-refractivity contribution is -0.176. The second-order valence-corrected chi connectivity index (χ2v) is 4.78. The second kappa shape index (κ2) is 7.01. The summed E-state index contributed by atoms with van der Waals surface area (Å²) in [4.78, 5) is 21.9. The maximum Gasteiger partial charge on any atom is 0.471 e. The molecule has 0 heterocycles. The van der Waals surface area contributed by atoms with E-state index in [1.54, 1.807) is 22.8 Å². The van der Waals surface area contributed by atoms with Crippen LogP contribution in [0.2, 0.25) is 0 Å². The van der Waals surface area contributed by atoms with Crippen LogP contribution in [-0.4, -0.2) is 36.3 Å². The van der Waals surface area contributed by atoms with Gasteiger partial charge >= 0.3 is 24.2 Å². The number of halogens is 6. The lowest BCUT2D eigenvalue weighted by atomic mass is 9.95. The van der Waals surface area contributed by atoms with Crippen LogP contribution >= 0.6 is 0 Å². The molecule has 2 N–H and O–H groups in total. The molecule has 0 spiro atoms. The number of allylic oxidation sites excluding steroid dienone is 2. The summed E-state index contributed by atoms with van der Waals surface area (Å²) >= 11 is 0. The van der Waals surface area contributed by atoms with Crippen molar-refractivity contribution < 1.29 is 35.9 Å². The monoisotopic (exact) mass is 332 g/mol. The lowest BCUT2D eigenvalue weighted by Crippen LogP contribution is -2.56. The predicted octanol–water partition coefficient (Wildman–Crippen LogP) is 2.21. The molecule has 1 aliphatic rings. The minimum atomic E-state index is -5.14. The third-order valence-electron chi connectivity index (χ3n) is 3.09. The number of hydrogen-bond acceptors (Lipinski definition) is 2. The van der Waals surface area contributed by atoms with Gasteiger partial charge in [-0.05, 0) is 25.7 Å². The highest BCUT2D eigenvalue weighted by Crippen LogP contribution is 2.20. The van der Waals surface area contributed by atoms with Gasteiger partial charge in [-0.2, -0.15) is 26.3 Å². The molecule has 1 aliphatic carbocycles. The largest absolute Gasteiger partial charge is 0.471 e. The number of rotatable bonds is 2. The maximum atomic E-state index is 12.3. The number of amides is 2. The zero-order valence-electron chi connectivity index (χ0n) is 11.2. The number of hydrogen-bond donors (Lipinski definition) is 2. The highest BCUT2D eigenvalue weighted by Gasteiger charge is 2.43. The van der Waals surface area contributed by atoms with Gasteiger partial charge in [0.1, 0.15) is 0 Å². The first-order valence-electron chi connectivity index (χ1n) is 6.42. The van der Waals surface area contributed by atoms with E-state index in [2.05, 4.69) is 0 Å². The zero-order valence-corrected chi connectivity index (χ0v) is 11.2. The van der Waals surface area contributed by atoms with Crippen molar-refractivity contribution in [2.75, 3.05) is 0 Å². The minimum absolute atomic E-state index is 0.0128. The quantitative estimate of drug-likeness (QED) is 0.602. The van der Waals surface area contributed by atoms with Gasteiger partial charge < -0.3 is 10.6 Å². The normalized spacial score (nSPS) is 24.8. The van der Waals surface area contributed by atoms with Crippen LogP contribution in [0.15, 0.2) is 12.2 Å². The van der Waals surface area contributed by atoms with E-state index >= 15 is 0 Å². The molecular formula is C12H14F6N2O2. The van der Waals surface area contributed by atoms with Crippen LogP contribution in [0.5, 0.6) is 0 Å². The smallest absolute Gasteiger partial charge is 0.343 e. The van der Waals surface area contributed by atoms with Crippen LogP contribution in [0.3, 0.4) is 0 Å². The van der Waals surface area contributed by atoms with Gasteiger partial charge in [0.15, 0.2) is 0 Å². The van der Waals surface area contributed by atoms with Gasteiger partial charge in [-0.3, -0.25) is 9.59 Å². The molecule has 4 nitrogen and oxygen atoms in total. The van der Waals surface area contributed by atoms with Gasteiger partial charge in [-0.15, -0.1) is 0 Å². The molecule has 0 aromatic rings. The Hall–Kier alpha value is -1.74. The molecule has 0 bridgehead atoms. The predicted molar refractivity (Wildman–Crippen MR) is 63.6 cm³/mol. The molecule has 0 unspecified atom stereocenters. The fourth-order valence-electron chi connectivity index (χ4n) is 2.04. The van der Waals surface area contributed by atoms with Crippen molar-refractivity contribution in [2.24, 2.45) is 0 Å². The van der Waals surface area contributed by atoms with Gasteiger partial charge in [0, 0.05) is 12.1 Å². The molecule has 126 valence electrons. The van der Waals surface area contributed by atoms with E-state index in [4.69, 9.17) is 0 Å². The zero-order chi connectivity index (χ0) is 17.0. The van der Waals surface area contributed by atoms with Gasteiger partial charge in [-0.1, -0.05) is 12.2 Å². The first-order chi connectivity index (χ1) is 10.0. The summed E-state index contributed by atoms with van der Waals surface area (Å²) in [6, 6.07) is -2.46. The van der Waals surface area contributed by atoms with Crippen molar-refractivity contribution >= 4 is 11.8 Å². The fraction of sp³-hybridized carbons (Fsp3) is 0.667. The molecule has 0 saturated carbocycles. The third kappa shape index (κ3) is 5.57. The topological polar surface area (TPSA) is 58.2 Å². The first-order valence-corrected chi connectivity index (χ1v) is 6.42. The summed E-state index contributed by atoms with van der Waals surface area (Å²) < 4.78 is 73.6. The number of nitrogens with one attached hydrogen (secondary N) is 2. The van der Waals surface area contributed by atoms with E-state index in [1.807, 2.05) is 0 Å². The Kier molecular flexibility index (Phi) is 5.84. The molecule has 0 radical (unpaired) electrons. The molecule has 0 aromatic heterocycles. The number of alkyl halides is 6. The number of carbonyl (C=O) groups is 2. The fourth-order valence-corrected chi connectivity index (χ4v) is 2.04. The molecule has 22 heavy (non-hydrogen) atoms. The third-order valence-corrected chi connectivity index (χ3v) is 3.09. The van der Waals surface area contributed by atoms with Crippen LogP contribution in [0.1, 0.15) is 25.7 Å². The highest BCUT2D eigenvalue weighted by atomic mass is 19.4. The molecule has 2 atom stereocenters. The Morgan fingerprint density at radius 2 is 1.09 bits per heavy atom. The van der Waals surface area contributed by atoms with Gasteiger partial charge in [0.25, 0.3) is 0 Å². The SMILES string of the molecule is O=C(N[C@H]1CC/C=C/CC[C@H]1NC(=O)C(F)(F)F)C(F)(F)F. The van der Waals surface area contributed by atoms with Crippen LogP contribution < -0.4 is 10.6 Å². The minimum Gasteiger partial charge on any atom is -0.343 e. The summed E-state index contributed by atoms with van der Waals surface area (Å²) in [5, 5.41) is 3.31. The molecule has 0 aromatic carbocycles. The van der Waals surface area contributed by atoms with Crippen LogP contribution in [0, 0.1) is 0 Å². The summed E-state index contributed by atoms with van der Waals surface area (Å²) in [5.74, 6) is -4.48. The van der Waals surface area contributed by atoms with Gasteiger partial charge in [-0.25, -0.2) is 0 Å². The van der Waals surface area contributed by atoms with E-state index in [1.165, 1.54) is 0 Å². The summed E-state index contributed by atoms with van der Waals surface area (Å²) in [6.45, 7) is 0. The van der Waals surface area contributed by atoms with Gasteiger partial charge in [0.05, 0.1) is 0 Å². The average molecular weight is 332 g/mol. The molecule has 2 amide bonds. The molecular weight excluding hydrogens is 318 g/mol. The van der Waals surface area contributed by atoms with E-state index < -0.39 is 36.3 Å². The maximum absolute atomic E-state index is 12.3. The first kappa shape index (κ1) is 18.3. The molecule has 0 saturated heterocycles. The van der Waals surface area contributed by atoms with Crippen molar-refractivity contribution in [3.8, 4) is 0 Å². The summed E-state index contributed by atoms with van der Waals surface area (Å²) in [7, 11) is 0. The highest BCUT2D eigenvalue weighted by molar-refractivity contribution is 5.83. The van der Waals surface area contributed by atoms with Gasteiger partial charge in [0.2, 0.25) is 0 Å². The second-order valence-electron chi connectivity index (χ2n) is 4.78. The van der Waals surface area contributed by atoms with Crippen LogP contribution in [0.4, 0.5) is 26.3 Å².